The Labute approximate surface area is 78.8 Å². The van der Waals surface area contributed by atoms with Gasteiger partial charge < -0.3 is 15.8 Å². The first-order valence-electron chi connectivity index (χ1n) is 3.69. The Hall–Kier alpha value is -1.11. The average molecular weight is 194 g/mol. The van der Waals surface area contributed by atoms with E-state index >= 15 is 0 Å². The van der Waals surface area contributed by atoms with Gasteiger partial charge in [0.25, 0.3) is 0 Å². The zero-order chi connectivity index (χ0) is 9.42. The lowest BCUT2D eigenvalue weighted by atomic mass is 9.80. The number of aromatic nitrogens is 1. The second-order valence-electron chi connectivity index (χ2n) is 2.62. The summed E-state index contributed by atoms with van der Waals surface area (Å²) < 4.78 is 0.864. The van der Waals surface area contributed by atoms with Gasteiger partial charge in [-0.25, -0.2) is 4.98 Å². The number of rotatable bonds is 1. The highest BCUT2D eigenvalue weighted by Crippen LogP contribution is 2.21. The molecule has 2 aromatic rings. The van der Waals surface area contributed by atoms with E-state index in [1.165, 1.54) is 11.3 Å². The van der Waals surface area contributed by atoms with Crippen molar-refractivity contribution in [2.24, 2.45) is 0 Å². The van der Waals surface area contributed by atoms with E-state index in [4.69, 9.17) is 15.8 Å². The first-order valence-corrected chi connectivity index (χ1v) is 4.51. The van der Waals surface area contributed by atoms with Gasteiger partial charge in [0.1, 0.15) is 0 Å². The van der Waals surface area contributed by atoms with Crippen molar-refractivity contribution in [3.8, 4) is 0 Å². The molecule has 13 heavy (non-hydrogen) atoms. The van der Waals surface area contributed by atoms with Crippen LogP contribution in [-0.2, 0) is 0 Å². The standard InChI is InChI=1S/C7H7BN2O2S/c9-7-10-6-4(8(11)12)2-1-3-5(6)13-7/h1-3,11-12H,(H2,9,10). The number of nitrogens with two attached hydrogens (primary N) is 1. The Morgan fingerprint density at radius 1 is 1.38 bits per heavy atom. The van der Waals surface area contributed by atoms with E-state index in [9.17, 15) is 0 Å². The highest BCUT2D eigenvalue weighted by molar-refractivity contribution is 7.22. The van der Waals surface area contributed by atoms with Gasteiger partial charge in [-0.05, 0) is 6.07 Å². The van der Waals surface area contributed by atoms with Gasteiger partial charge in [-0.2, -0.15) is 0 Å². The number of nitrogen functional groups attached to an aromatic ring is 1. The molecule has 0 fully saturated rings. The van der Waals surface area contributed by atoms with Gasteiger partial charge in [0.05, 0.1) is 10.2 Å². The van der Waals surface area contributed by atoms with Crippen LogP contribution >= 0.6 is 11.3 Å². The van der Waals surface area contributed by atoms with Crippen molar-refractivity contribution in [1.29, 1.82) is 0 Å². The van der Waals surface area contributed by atoms with Gasteiger partial charge in [0.2, 0.25) is 0 Å². The molecule has 0 spiro atoms. The highest BCUT2D eigenvalue weighted by Gasteiger charge is 2.16. The zero-order valence-electron chi connectivity index (χ0n) is 6.64. The quantitative estimate of drug-likeness (QED) is 0.537. The molecule has 4 N–H and O–H groups in total. The fourth-order valence-corrected chi connectivity index (χ4v) is 1.96. The Balaban J connectivity index is 2.75. The normalized spacial score (nSPS) is 10.6. The summed E-state index contributed by atoms with van der Waals surface area (Å²) in [5, 5.41) is 18.5. The minimum Gasteiger partial charge on any atom is -0.423 e. The molecule has 0 saturated carbocycles. The summed E-state index contributed by atoms with van der Waals surface area (Å²) >= 11 is 1.33. The molecule has 0 aliphatic heterocycles. The monoisotopic (exact) mass is 194 g/mol. The molecule has 0 radical (unpaired) electrons. The first kappa shape index (κ1) is 8.49. The highest BCUT2D eigenvalue weighted by atomic mass is 32.1. The van der Waals surface area contributed by atoms with Gasteiger partial charge in [0, 0.05) is 5.46 Å². The lowest BCUT2D eigenvalue weighted by Crippen LogP contribution is -2.30. The predicted octanol–water partition coefficient (Wildman–Crippen LogP) is -0.442. The van der Waals surface area contributed by atoms with Gasteiger partial charge in [-0.15, -0.1) is 0 Å². The number of anilines is 1. The smallest absolute Gasteiger partial charge is 0.423 e. The molecule has 0 amide bonds. The molecular weight excluding hydrogens is 187 g/mol. The lowest BCUT2D eigenvalue weighted by molar-refractivity contribution is 0.426. The topological polar surface area (TPSA) is 79.4 Å². The van der Waals surface area contributed by atoms with E-state index < -0.39 is 7.12 Å². The van der Waals surface area contributed by atoms with Crippen molar-refractivity contribution in [2.45, 2.75) is 0 Å². The SMILES string of the molecule is Nc1nc2c(B(O)O)cccc2s1. The van der Waals surface area contributed by atoms with Crippen LogP contribution in [0.5, 0.6) is 0 Å². The summed E-state index contributed by atoms with van der Waals surface area (Å²) in [6, 6.07) is 5.20. The predicted molar refractivity (Wildman–Crippen MR) is 53.9 cm³/mol. The summed E-state index contributed by atoms with van der Waals surface area (Å²) in [5.74, 6) is 0. The maximum Gasteiger partial charge on any atom is 0.490 e. The zero-order valence-corrected chi connectivity index (χ0v) is 7.45. The molecule has 4 nitrogen and oxygen atoms in total. The molecule has 6 heteroatoms. The van der Waals surface area contributed by atoms with Crippen LogP contribution in [0.3, 0.4) is 0 Å². The van der Waals surface area contributed by atoms with Gasteiger partial charge in [0.15, 0.2) is 5.13 Å². The minimum atomic E-state index is -1.50. The van der Waals surface area contributed by atoms with Crippen LogP contribution in [0, 0.1) is 0 Å². The van der Waals surface area contributed by atoms with Crippen LogP contribution in [0.2, 0.25) is 0 Å². The van der Waals surface area contributed by atoms with Crippen LogP contribution < -0.4 is 11.2 Å². The number of fused-ring (bicyclic) bond motifs is 1. The van der Waals surface area contributed by atoms with Crippen LogP contribution in [0.15, 0.2) is 18.2 Å². The number of hydrogen-bond donors (Lipinski definition) is 3. The summed E-state index contributed by atoms with van der Waals surface area (Å²) in [4.78, 5) is 4.01. The lowest BCUT2D eigenvalue weighted by Gasteiger charge is -1.98. The first-order chi connectivity index (χ1) is 6.18. The fourth-order valence-electron chi connectivity index (χ4n) is 1.20. The van der Waals surface area contributed by atoms with Crippen molar-refractivity contribution >= 4 is 39.3 Å². The Bertz CT molecular complexity index is 443. The third-order valence-corrected chi connectivity index (χ3v) is 2.59. The van der Waals surface area contributed by atoms with E-state index in [1.807, 2.05) is 6.07 Å². The molecule has 1 aromatic carbocycles. The number of hydrogen-bond acceptors (Lipinski definition) is 5. The summed E-state index contributed by atoms with van der Waals surface area (Å²) in [5.41, 5.74) is 6.47. The molecule has 0 unspecified atom stereocenters. The molecule has 1 aromatic heterocycles. The van der Waals surface area contributed by atoms with Crippen molar-refractivity contribution in [3.63, 3.8) is 0 Å². The maximum absolute atomic E-state index is 9.01. The van der Waals surface area contributed by atoms with Crippen LogP contribution in [-0.4, -0.2) is 22.2 Å². The summed E-state index contributed by atoms with van der Waals surface area (Å²) in [6.45, 7) is 0. The molecule has 0 bridgehead atoms. The second-order valence-corrected chi connectivity index (χ2v) is 3.68. The Morgan fingerprint density at radius 2 is 2.15 bits per heavy atom. The number of para-hydroxylation sites is 1. The third kappa shape index (κ3) is 1.39. The molecule has 0 aliphatic carbocycles. The minimum absolute atomic E-state index is 0.394. The van der Waals surface area contributed by atoms with Gasteiger partial charge in [-0.3, -0.25) is 0 Å². The number of nitrogens with zero attached hydrogens (tertiary/aromatic N) is 1. The second kappa shape index (κ2) is 2.99. The Kier molecular flexibility index (Phi) is 1.95. The molecular formula is C7H7BN2O2S. The summed E-state index contributed by atoms with van der Waals surface area (Å²) in [6.07, 6.45) is 0. The van der Waals surface area contributed by atoms with E-state index in [2.05, 4.69) is 4.98 Å². The Morgan fingerprint density at radius 3 is 2.85 bits per heavy atom. The average Bonchev–Trinajstić information content (AvgIpc) is 2.43. The maximum atomic E-state index is 9.01. The molecule has 1 heterocycles. The largest absolute Gasteiger partial charge is 0.490 e. The molecule has 66 valence electrons. The number of benzene rings is 1. The van der Waals surface area contributed by atoms with Crippen molar-refractivity contribution in [3.05, 3.63) is 18.2 Å². The van der Waals surface area contributed by atoms with E-state index in [1.54, 1.807) is 12.1 Å². The van der Waals surface area contributed by atoms with Crippen LogP contribution in [0.4, 0.5) is 5.13 Å². The van der Waals surface area contributed by atoms with E-state index in [0.29, 0.717) is 16.1 Å². The third-order valence-electron chi connectivity index (χ3n) is 1.74. The summed E-state index contributed by atoms with van der Waals surface area (Å²) in [7, 11) is -1.50. The molecule has 0 atom stereocenters. The number of thiazole rings is 1. The molecule has 2 rings (SSSR count). The van der Waals surface area contributed by atoms with Crippen LogP contribution in [0.25, 0.3) is 10.2 Å². The van der Waals surface area contributed by atoms with E-state index in [-0.39, 0.29) is 0 Å². The molecule has 0 aliphatic rings. The van der Waals surface area contributed by atoms with Gasteiger partial charge in [-0.1, -0.05) is 23.5 Å². The van der Waals surface area contributed by atoms with E-state index in [0.717, 1.165) is 4.70 Å². The van der Waals surface area contributed by atoms with Crippen molar-refractivity contribution < 1.29 is 10.0 Å². The van der Waals surface area contributed by atoms with Crippen LogP contribution in [0.1, 0.15) is 0 Å². The fraction of sp³-hybridized carbons (Fsp3) is 0. The van der Waals surface area contributed by atoms with Crippen molar-refractivity contribution in [1.82, 2.24) is 4.98 Å². The molecule has 0 saturated heterocycles. The van der Waals surface area contributed by atoms with Crippen molar-refractivity contribution in [2.75, 3.05) is 5.73 Å². The van der Waals surface area contributed by atoms with Gasteiger partial charge >= 0.3 is 7.12 Å².